The molecule has 0 aliphatic rings. The molecule has 0 aliphatic heterocycles. The zero-order chi connectivity index (χ0) is 15.1. The van der Waals surface area contributed by atoms with Gasteiger partial charge in [0, 0.05) is 18.7 Å². The van der Waals surface area contributed by atoms with Gasteiger partial charge < -0.3 is 11.1 Å². The zero-order valence-electron chi connectivity index (χ0n) is 11.8. The average Bonchev–Trinajstić information content (AvgIpc) is 2.48. The van der Waals surface area contributed by atoms with Crippen LogP contribution in [0.5, 0.6) is 0 Å². The first-order chi connectivity index (χ1) is 10.1. The number of nitrogens with one attached hydrogen (secondary N) is 1. The highest BCUT2D eigenvalue weighted by Gasteiger charge is 2.04. The Hall–Kier alpha value is -2.36. The number of hydrogen-bond acceptors (Lipinski definition) is 2. The molecule has 4 heteroatoms. The van der Waals surface area contributed by atoms with Gasteiger partial charge in [0.2, 0.25) is 5.91 Å². The Morgan fingerprint density at radius 3 is 2.48 bits per heavy atom. The molecule has 0 atom stereocenters. The number of anilines is 1. The smallest absolute Gasteiger partial charge is 0.220 e. The van der Waals surface area contributed by atoms with E-state index >= 15 is 0 Å². The molecule has 2 aromatic carbocycles. The maximum absolute atomic E-state index is 12.8. The summed E-state index contributed by atoms with van der Waals surface area (Å²) in [6, 6.07) is 13.9. The Morgan fingerprint density at radius 2 is 1.76 bits per heavy atom. The molecule has 0 aromatic heterocycles. The van der Waals surface area contributed by atoms with Crippen molar-refractivity contribution in [2.24, 2.45) is 0 Å². The van der Waals surface area contributed by atoms with E-state index in [2.05, 4.69) is 5.32 Å². The SMILES string of the molecule is Nc1ccccc1CCC(=O)NCCc1ccc(F)cc1. The van der Waals surface area contributed by atoms with Crippen molar-refractivity contribution in [3.8, 4) is 0 Å². The third-order valence-electron chi connectivity index (χ3n) is 3.33. The van der Waals surface area contributed by atoms with E-state index in [0.717, 1.165) is 16.8 Å². The summed E-state index contributed by atoms with van der Waals surface area (Å²) in [7, 11) is 0. The highest BCUT2D eigenvalue weighted by atomic mass is 19.1. The predicted molar refractivity (Wildman–Crippen MR) is 82.3 cm³/mol. The van der Waals surface area contributed by atoms with E-state index in [4.69, 9.17) is 5.73 Å². The van der Waals surface area contributed by atoms with Gasteiger partial charge in [0.25, 0.3) is 0 Å². The number of aryl methyl sites for hydroxylation is 1. The molecule has 2 aromatic rings. The zero-order valence-corrected chi connectivity index (χ0v) is 11.8. The molecule has 0 heterocycles. The van der Waals surface area contributed by atoms with Crippen LogP contribution in [0.2, 0.25) is 0 Å². The van der Waals surface area contributed by atoms with Gasteiger partial charge in [-0.2, -0.15) is 0 Å². The highest BCUT2D eigenvalue weighted by molar-refractivity contribution is 5.76. The first-order valence-corrected chi connectivity index (χ1v) is 6.99. The molecule has 1 amide bonds. The molecule has 0 saturated heterocycles. The lowest BCUT2D eigenvalue weighted by Gasteiger charge is -2.07. The number of para-hydroxylation sites is 1. The third-order valence-corrected chi connectivity index (χ3v) is 3.33. The fraction of sp³-hybridized carbons (Fsp3) is 0.235. The van der Waals surface area contributed by atoms with E-state index in [1.54, 1.807) is 12.1 Å². The maximum Gasteiger partial charge on any atom is 0.220 e. The molecule has 3 nitrogen and oxygen atoms in total. The Labute approximate surface area is 124 Å². The number of nitrogens with two attached hydrogens (primary N) is 1. The summed E-state index contributed by atoms with van der Waals surface area (Å²) in [4.78, 5) is 11.8. The molecule has 0 spiro atoms. The van der Waals surface area contributed by atoms with Gasteiger partial charge >= 0.3 is 0 Å². The number of rotatable bonds is 6. The molecule has 0 aliphatic carbocycles. The van der Waals surface area contributed by atoms with Crippen LogP contribution in [0, 0.1) is 5.82 Å². The van der Waals surface area contributed by atoms with Gasteiger partial charge in [-0.3, -0.25) is 4.79 Å². The van der Waals surface area contributed by atoms with Crippen LogP contribution >= 0.6 is 0 Å². The lowest BCUT2D eigenvalue weighted by molar-refractivity contribution is -0.121. The summed E-state index contributed by atoms with van der Waals surface area (Å²) in [6.07, 6.45) is 1.74. The number of halogens is 1. The van der Waals surface area contributed by atoms with Crippen molar-refractivity contribution in [2.75, 3.05) is 12.3 Å². The number of carbonyl (C=O) groups is 1. The van der Waals surface area contributed by atoms with Gasteiger partial charge in [0.1, 0.15) is 5.82 Å². The van der Waals surface area contributed by atoms with E-state index in [1.807, 2.05) is 24.3 Å². The normalized spacial score (nSPS) is 10.3. The standard InChI is InChI=1S/C17H19FN2O/c18-15-8-5-13(6-9-15)11-12-20-17(21)10-7-14-3-1-2-4-16(14)19/h1-6,8-9H,7,10-12,19H2,(H,20,21). The monoisotopic (exact) mass is 286 g/mol. The minimum Gasteiger partial charge on any atom is -0.399 e. The summed E-state index contributed by atoms with van der Waals surface area (Å²) < 4.78 is 12.8. The van der Waals surface area contributed by atoms with Crippen molar-refractivity contribution in [2.45, 2.75) is 19.3 Å². The van der Waals surface area contributed by atoms with Crippen LogP contribution in [-0.2, 0) is 17.6 Å². The molecule has 0 saturated carbocycles. The molecule has 3 N–H and O–H groups in total. The van der Waals surface area contributed by atoms with E-state index < -0.39 is 0 Å². The fourth-order valence-electron chi connectivity index (χ4n) is 2.10. The number of nitrogen functional groups attached to an aromatic ring is 1. The molecule has 0 radical (unpaired) electrons. The molecule has 0 bridgehead atoms. The maximum atomic E-state index is 12.8. The van der Waals surface area contributed by atoms with Gasteiger partial charge in [0.05, 0.1) is 0 Å². The Balaban J connectivity index is 1.70. The Bertz CT molecular complexity index is 596. The van der Waals surface area contributed by atoms with Crippen molar-refractivity contribution in [3.63, 3.8) is 0 Å². The molecule has 110 valence electrons. The highest BCUT2D eigenvalue weighted by Crippen LogP contribution is 2.12. The molecule has 21 heavy (non-hydrogen) atoms. The number of benzene rings is 2. The number of hydrogen-bond donors (Lipinski definition) is 2. The second kappa shape index (κ2) is 7.43. The van der Waals surface area contributed by atoms with Gasteiger partial charge in [0.15, 0.2) is 0 Å². The van der Waals surface area contributed by atoms with Crippen LogP contribution in [0.1, 0.15) is 17.5 Å². The lowest BCUT2D eigenvalue weighted by atomic mass is 10.1. The van der Waals surface area contributed by atoms with Crippen LogP contribution < -0.4 is 11.1 Å². The topological polar surface area (TPSA) is 55.1 Å². The summed E-state index contributed by atoms with van der Waals surface area (Å²) in [5.74, 6) is -0.247. The molecule has 2 rings (SSSR count). The molecule has 0 fully saturated rings. The predicted octanol–water partition coefficient (Wildman–Crippen LogP) is 2.70. The quantitative estimate of drug-likeness (QED) is 0.802. The number of carbonyl (C=O) groups excluding carboxylic acids is 1. The largest absolute Gasteiger partial charge is 0.399 e. The molecule has 0 unspecified atom stereocenters. The summed E-state index contributed by atoms with van der Waals surface area (Å²) in [6.45, 7) is 0.550. The first-order valence-electron chi connectivity index (χ1n) is 6.99. The van der Waals surface area contributed by atoms with Crippen LogP contribution in [0.3, 0.4) is 0 Å². The van der Waals surface area contributed by atoms with E-state index in [0.29, 0.717) is 25.8 Å². The molecular weight excluding hydrogens is 267 g/mol. The second-order valence-electron chi connectivity index (χ2n) is 4.93. The minimum atomic E-state index is -0.247. The lowest BCUT2D eigenvalue weighted by Crippen LogP contribution is -2.25. The van der Waals surface area contributed by atoms with E-state index in [9.17, 15) is 9.18 Å². The van der Waals surface area contributed by atoms with Gasteiger partial charge in [-0.25, -0.2) is 4.39 Å². The Kier molecular flexibility index (Phi) is 5.32. The van der Waals surface area contributed by atoms with Crippen LogP contribution in [0.25, 0.3) is 0 Å². The second-order valence-corrected chi connectivity index (χ2v) is 4.93. The van der Waals surface area contributed by atoms with Gasteiger partial charge in [-0.05, 0) is 42.2 Å². The van der Waals surface area contributed by atoms with Crippen molar-refractivity contribution >= 4 is 11.6 Å². The summed E-state index contributed by atoms with van der Waals surface area (Å²) in [5.41, 5.74) is 8.55. The average molecular weight is 286 g/mol. The van der Waals surface area contributed by atoms with Crippen LogP contribution in [-0.4, -0.2) is 12.5 Å². The third kappa shape index (κ3) is 4.91. The molecular formula is C17H19FN2O. The van der Waals surface area contributed by atoms with Crippen molar-refractivity contribution in [1.82, 2.24) is 5.32 Å². The van der Waals surface area contributed by atoms with Crippen molar-refractivity contribution in [1.29, 1.82) is 0 Å². The number of amides is 1. The van der Waals surface area contributed by atoms with E-state index in [-0.39, 0.29) is 11.7 Å². The minimum absolute atomic E-state index is 0.000338. The van der Waals surface area contributed by atoms with Gasteiger partial charge in [-0.15, -0.1) is 0 Å². The van der Waals surface area contributed by atoms with Crippen LogP contribution in [0.4, 0.5) is 10.1 Å². The fourth-order valence-corrected chi connectivity index (χ4v) is 2.10. The van der Waals surface area contributed by atoms with Crippen LogP contribution in [0.15, 0.2) is 48.5 Å². The van der Waals surface area contributed by atoms with Crippen molar-refractivity contribution < 1.29 is 9.18 Å². The summed E-state index contributed by atoms with van der Waals surface area (Å²) >= 11 is 0. The van der Waals surface area contributed by atoms with E-state index in [1.165, 1.54) is 12.1 Å². The van der Waals surface area contributed by atoms with Gasteiger partial charge in [-0.1, -0.05) is 30.3 Å². The Morgan fingerprint density at radius 1 is 1.05 bits per heavy atom. The van der Waals surface area contributed by atoms with Crippen molar-refractivity contribution in [3.05, 3.63) is 65.5 Å². The first kappa shape index (κ1) is 15.0. The summed E-state index contributed by atoms with van der Waals surface area (Å²) in [5, 5.41) is 2.86.